The molecule has 0 spiro atoms. The van der Waals surface area contributed by atoms with Crippen molar-refractivity contribution in [1.82, 2.24) is 25.0 Å². The molecule has 0 fully saturated rings. The van der Waals surface area contributed by atoms with Gasteiger partial charge in [0.05, 0.1) is 33.9 Å². The summed E-state index contributed by atoms with van der Waals surface area (Å²) in [5, 5.41) is 16.1. The lowest BCUT2D eigenvalue weighted by molar-refractivity contribution is 0.101. The van der Waals surface area contributed by atoms with Crippen molar-refractivity contribution in [3.05, 3.63) is 107 Å². The highest BCUT2D eigenvalue weighted by atomic mass is 35.5. The minimum atomic E-state index is -0.841. The molecule has 3 heterocycles. The Morgan fingerprint density at radius 3 is 2.47 bits per heavy atom. The number of hydrogen-bond acceptors (Lipinski definition) is 5. The number of aromatic amines is 1. The number of benzene rings is 2. The number of nitrogens with zero attached hydrogens (tertiary/aromatic N) is 4. The summed E-state index contributed by atoms with van der Waals surface area (Å²) >= 11 is 6.19. The lowest BCUT2D eigenvalue weighted by atomic mass is 10.1. The molecule has 0 atom stereocenters. The molecular formula is C26H18ClF2N7O2. The van der Waals surface area contributed by atoms with E-state index in [1.54, 1.807) is 37.3 Å². The van der Waals surface area contributed by atoms with E-state index in [-0.39, 0.29) is 33.4 Å². The smallest absolute Gasteiger partial charge is 0.276 e. The predicted octanol–water partition coefficient (Wildman–Crippen LogP) is 5.40. The lowest BCUT2D eigenvalue weighted by Gasteiger charge is -2.11. The fraction of sp³-hybridized carbons (Fsp3) is 0.0385. The standard InChI is InChI=1S/C26H18ClF2N7O2/c1-14-22(13-31-34-14)32-26(38)21-12-23(36(35-21)15-6-3-2-4-7-15)33-25(37)16-10-17(20(29)11-18(16)27)24-19(28)8-5-9-30-24/h2-13H,1H3,(H,31,34)(H,32,38)(H,33,37). The number of anilines is 2. The molecule has 12 heteroatoms. The first kappa shape index (κ1) is 24.8. The van der Waals surface area contributed by atoms with Gasteiger partial charge in [0.15, 0.2) is 5.69 Å². The van der Waals surface area contributed by atoms with E-state index < -0.39 is 23.4 Å². The monoisotopic (exact) mass is 533 g/mol. The van der Waals surface area contributed by atoms with Crippen LogP contribution >= 0.6 is 11.6 Å². The molecule has 0 radical (unpaired) electrons. The average molecular weight is 534 g/mol. The molecule has 3 aromatic heterocycles. The Balaban J connectivity index is 1.51. The first-order valence-electron chi connectivity index (χ1n) is 11.2. The summed E-state index contributed by atoms with van der Waals surface area (Å²) in [6.45, 7) is 1.74. The summed E-state index contributed by atoms with van der Waals surface area (Å²) < 4.78 is 30.3. The Bertz CT molecular complexity index is 1670. The molecule has 2 amide bonds. The fourth-order valence-electron chi connectivity index (χ4n) is 3.68. The Morgan fingerprint density at radius 1 is 0.974 bits per heavy atom. The van der Waals surface area contributed by atoms with Gasteiger partial charge in [0.25, 0.3) is 11.8 Å². The maximum absolute atomic E-state index is 14.7. The molecule has 190 valence electrons. The third-order valence-corrected chi connectivity index (χ3v) is 5.89. The molecule has 5 rings (SSSR count). The van der Waals surface area contributed by atoms with Crippen molar-refractivity contribution < 1.29 is 18.4 Å². The van der Waals surface area contributed by atoms with Gasteiger partial charge < -0.3 is 10.6 Å². The first-order chi connectivity index (χ1) is 18.3. The molecule has 9 nitrogen and oxygen atoms in total. The average Bonchev–Trinajstić information content (AvgIpc) is 3.51. The van der Waals surface area contributed by atoms with Crippen molar-refractivity contribution in [2.24, 2.45) is 0 Å². The number of rotatable bonds is 6. The van der Waals surface area contributed by atoms with Gasteiger partial charge in [0.1, 0.15) is 23.1 Å². The van der Waals surface area contributed by atoms with Gasteiger partial charge in [-0.15, -0.1) is 0 Å². The van der Waals surface area contributed by atoms with Crippen molar-refractivity contribution >= 4 is 34.9 Å². The number of nitrogens with one attached hydrogen (secondary N) is 3. The van der Waals surface area contributed by atoms with E-state index in [1.165, 1.54) is 29.2 Å². The first-order valence-corrected chi connectivity index (χ1v) is 11.6. The van der Waals surface area contributed by atoms with Crippen LogP contribution in [0.25, 0.3) is 16.9 Å². The van der Waals surface area contributed by atoms with Crippen LogP contribution < -0.4 is 10.6 Å². The SMILES string of the molecule is Cc1[nH]ncc1NC(=O)c1cc(NC(=O)c2cc(-c3ncccc3F)c(F)cc2Cl)n(-c2ccccc2)n1. The van der Waals surface area contributed by atoms with Gasteiger partial charge in [-0.1, -0.05) is 29.8 Å². The summed E-state index contributed by atoms with van der Waals surface area (Å²) in [7, 11) is 0. The number of para-hydroxylation sites is 1. The zero-order valence-corrected chi connectivity index (χ0v) is 20.4. The zero-order valence-electron chi connectivity index (χ0n) is 19.7. The van der Waals surface area contributed by atoms with Gasteiger partial charge in [0, 0.05) is 17.8 Å². The number of aromatic nitrogens is 5. The van der Waals surface area contributed by atoms with Crippen LogP contribution in [0.3, 0.4) is 0 Å². The summed E-state index contributed by atoms with van der Waals surface area (Å²) in [5.41, 5.74) is 1.06. The number of pyridine rings is 1. The molecule has 0 saturated heterocycles. The van der Waals surface area contributed by atoms with Crippen molar-refractivity contribution in [1.29, 1.82) is 0 Å². The molecule has 0 aliphatic carbocycles. The number of halogens is 3. The predicted molar refractivity (Wildman–Crippen MR) is 137 cm³/mol. The van der Waals surface area contributed by atoms with Crippen LogP contribution in [0, 0.1) is 18.6 Å². The van der Waals surface area contributed by atoms with Crippen molar-refractivity contribution in [2.75, 3.05) is 10.6 Å². The summed E-state index contributed by atoms with van der Waals surface area (Å²) in [4.78, 5) is 30.1. The summed E-state index contributed by atoms with van der Waals surface area (Å²) in [6, 6.07) is 14.7. The van der Waals surface area contributed by atoms with Gasteiger partial charge in [-0.3, -0.25) is 19.7 Å². The van der Waals surface area contributed by atoms with E-state index in [0.717, 1.165) is 18.2 Å². The molecule has 38 heavy (non-hydrogen) atoms. The molecule has 0 unspecified atom stereocenters. The van der Waals surface area contributed by atoms with Gasteiger partial charge in [0.2, 0.25) is 0 Å². The van der Waals surface area contributed by atoms with Crippen molar-refractivity contribution in [2.45, 2.75) is 6.92 Å². The number of hydrogen-bond donors (Lipinski definition) is 3. The minimum absolute atomic E-state index is 0.00574. The van der Waals surface area contributed by atoms with E-state index >= 15 is 0 Å². The third-order valence-electron chi connectivity index (χ3n) is 5.58. The van der Waals surface area contributed by atoms with Gasteiger partial charge in [-0.05, 0) is 43.3 Å². The van der Waals surface area contributed by atoms with E-state index in [4.69, 9.17) is 11.6 Å². The largest absolute Gasteiger partial charge is 0.318 e. The van der Waals surface area contributed by atoms with Gasteiger partial charge in [-0.25, -0.2) is 13.5 Å². The van der Waals surface area contributed by atoms with E-state index in [0.29, 0.717) is 17.1 Å². The van der Waals surface area contributed by atoms with Crippen LogP contribution in [0.5, 0.6) is 0 Å². The second-order valence-electron chi connectivity index (χ2n) is 8.12. The molecule has 0 bridgehead atoms. The van der Waals surface area contributed by atoms with Crippen LogP contribution in [0.15, 0.2) is 73.1 Å². The van der Waals surface area contributed by atoms with E-state index in [2.05, 4.69) is 30.9 Å². The summed E-state index contributed by atoms with van der Waals surface area (Å²) in [5.74, 6) is -2.73. The van der Waals surface area contributed by atoms with E-state index in [9.17, 15) is 18.4 Å². The molecule has 3 N–H and O–H groups in total. The Labute approximate surface area is 219 Å². The highest BCUT2D eigenvalue weighted by Gasteiger charge is 2.22. The lowest BCUT2D eigenvalue weighted by Crippen LogP contribution is -2.16. The number of carbonyl (C=O) groups excluding carboxylic acids is 2. The molecule has 2 aromatic carbocycles. The topological polar surface area (TPSA) is 118 Å². The molecule has 5 aromatic rings. The number of carbonyl (C=O) groups is 2. The van der Waals surface area contributed by atoms with Crippen molar-refractivity contribution in [3.63, 3.8) is 0 Å². The van der Waals surface area contributed by atoms with Crippen LogP contribution in [-0.4, -0.2) is 36.8 Å². The second kappa shape index (κ2) is 10.2. The third kappa shape index (κ3) is 4.87. The quantitative estimate of drug-likeness (QED) is 0.270. The molecule has 0 saturated carbocycles. The maximum Gasteiger partial charge on any atom is 0.276 e. The van der Waals surface area contributed by atoms with Crippen molar-refractivity contribution in [3.8, 4) is 16.9 Å². The van der Waals surface area contributed by atoms with Gasteiger partial charge in [-0.2, -0.15) is 10.2 Å². The number of H-pyrrole nitrogens is 1. The second-order valence-corrected chi connectivity index (χ2v) is 8.53. The van der Waals surface area contributed by atoms with Crippen LogP contribution in [0.2, 0.25) is 5.02 Å². The van der Waals surface area contributed by atoms with Gasteiger partial charge >= 0.3 is 0 Å². The van der Waals surface area contributed by atoms with E-state index in [1.807, 2.05) is 0 Å². The minimum Gasteiger partial charge on any atom is -0.318 e. The Kier molecular flexibility index (Phi) is 6.67. The molecular weight excluding hydrogens is 516 g/mol. The Morgan fingerprint density at radius 2 is 1.76 bits per heavy atom. The number of amides is 2. The van der Waals surface area contributed by atoms with Crippen LogP contribution in [-0.2, 0) is 0 Å². The number of aryl methyl sites for hydroxylation is 1. The zero-order chi connectivity index (χ0) is 26.8. The Hall–Kier alpha value is -4.90. The normalized spacial score (nSPS) is 10.8. The summed E-state index contributed by atoms with van der Waals surface area (Å²) in [6.07, 6.45) is 2.77. The molecule has 0 aliphatic heterocycles. The highest BCUT2D eigenvalue weighted by molar-refractivity contribution is 6.34. The molecule has 0 aliphatic rings. The fourth-order valence-corrected chi connectivity index (χ4v) is 3.92. The maximum atomic E-state index is 14.7. The highest BCUT2D eigenvalue weighted by Crippen LogP contribution is 2.30. The van der Waals surface area contributed by atoms with Crippen LogP contribution in [0.4, 0.5) is 20.3 Å². The van der Waals surface area contributed by atoms with Crippen LogP contribution in [0.1, 0.15) is 26.5 Å².